The summed E-state index contributed by atoms with van der Waals surface area (Å²) in [5.74, 6) is -0.282. The van der Waals surface area contributed by atoms with Gasteiger partial charge < -0.3 is 9.72 Å². The van der Waals surface area contributed by atoms with E-state index in [0.29, 0.717) is 12.2 Å². The average molecular weight is 188 g/mol. The number of nitrogens with one attached hydrogen (secondary N) is 1. The second-order valence-corrected chi connectivity index (χ2v) is 2.94. The Morgan fingerprint density at radius 2 is 2.43 bits per heavy atom. The lowest BCUT2D eigenvalue weighted by atomic mass is 10.1. The van der Waals surface area contributed by atoms with E-state index in [9.17, 15) is 4.79 Å². The Labute approximate surface area is 81.7 Å². The number of esters is 1. The molecule has 0 unspecified atom stereocenters. The van der Waals surface area contributed by atoms with Gasteiger partial charge in [-0.25, -0.2) is 4.79 Å². The third kappa shape index (κ3) is 1.48. The van der Waals surface area contributed by atoms with E-state index in [4.69, 9.17) is 4.74 Å². The molecule has 0 saturated heterocycles. The summed E-state index contributed by atoms with van der Waals surface area (Å²) < 4.78 is 4.89. The summed E-state index contributed by atoms with van der Waals surface area (Å²) in [6, 6.07) is 7.18. The van der Waals surface area contributed by atoms with Gasteiger partial charge in [0.15, 0.2) is 0 Å². The molecule has 1 aromatic carbocycles. The normalized spacial score (nSPS) is 10.4. The highest BCUT2D eigenvalue weighted by Crippen LogP contribution is 2.14. The number of aromatic nitrogens is 1. The molecular formula is C11H10NO2. The van der Waals surface area contributed by atoms with Crippen molar-refractivity contribution in [2.24, 2.45) is 0 Å². The minimum atomic E-state index is -0.282. The first-order chi connectivity index (χ1) is 6.81. The van der Waals surface area contributed by atoms with E-state index in [0.717, 1.165) is 10.9 Å². The lowest BCUT2D eigenvalue weighted by molar-refractivity contribution is 0.0526. The molecule has 0 aliphatic rings. The lowest BCUT2D eigenvalue weighted by Crippen LogP contribution is -2.03. The molecule has 1 heterocycles. The number of rotatable bonds is 2. The van der Waals surface area contributed by atoms with Crippen molar-refractivity contribution >= 4 is 16.9 Å². The SMILES string of the molecule is CCOC(=O)c1ccc2[nH][c]cc2c1. The zero-order valence-electron chi connectivity index (χ0n) is 7.83. The number of aromatic amines is 1. The second kappa shape index (κ2) is 3.54. The molecule has 1 radical (unpaired) electrons. The van der Waals surface area contributed by atoms with E-state index in [-0.39, 0.29) is 5.97 Å². The maximum Gasteiger partial charge on any atom is 0.338 e. The molecule has 0 aliphatic heterocycles. The molecule has 0 amide bonds. The van der Waals surface area contributed by atoms with Gasteiger partial charge in [0.25, 0.3) is 0 Å². The predicted molar refractivity (Wildman–Crippen MR) is 53.1 cm³/mol. The van der Waals surface area contributed by atoms with Crippen molar-refractivity contribution in [1.82, 2.24) is 4.98 Å². The van der Waals surface area contributed by atoms with Crippen LogP contribution in [0.4, 0.5) is 0 Å². The van der Waals surface area contributed by atoms with E-state index in [1.165, 1.54) is 0 Å². The summed E-state index contributed by atoms with van der Waals surface area (Å²) in [5.41, 5.74) is 1.55. The fraction of sp³-hybridized carbons (Fsp3) is 0.182. The number of ether oxygens (including phenoxy) is 1. The Hall–Kier alpha value is -1.77. The molecule has 0 atom stereocenters. The molecular weight excluding hydrogens is 178 g/mol. The molecule has 2 aromatic rings. The average Bonchev–Trinajstić information content (AvgIpc) is 2.64. The minimum absolute atomic E-state index is 0.282. The first kappa shape index (κ1) is 8.81. The Bertz CT molecular complexity index is 459. The largest absolute Gasteiger partial charge is 0.462 e. The number of benzene rings is 1. The van der Waals surface area contributed by atoms with Gasteiger partial charge in [-0.15, -0.1) is 0 Å². The quantitative estimate of drug-likeness (QED) is 0.733. The minimum Gasteiger partial charge on any atom is -0.462 e. The van der Waals surface area contributed by atoms with Crippen LogP contribution in [0, 0.1) is 6.20 Å². The van der Waals surface area contributed by atoms with E-state index < -0.39 is 0 Å². The maximum atomic E-state index is 11.4. The molecule has 14 heavy (non-hydrogen) atoms. The van der Waals surface area contributed by atoms with Gasteiger partial charge in [0, 0.05) is 10.9 Å². The molecule has 0 spiro atoms. The highest BCUT2D eigenvalue weighted by molar-refractivity contribution is 5.94. The van der Waals surface area contributed by atoms with Crippen molar-refractivity contribution in [2.45, 2.75) is 6.92 Å². The van der Waals surface area contributed by atoms with Crippen molar-refractivity contribution < 1.29 is 9.53 Å². The van der Waals surface area contributed by atoms with Gasteiger partial charge in [0.2, 0.25) is 0 Å². The molecule has 0 fully saturated rings. The molecule has 1 N–H and O–H groups in total. The molecule has 2 rings (SSSR count). The zero-order valence-corrected chi connectivity index (χ0v) is 7.83. The summed E-state index contributed by atoms with van der Waals surface area (Å²) in [6.45, 7) is 2.19. The summed E-state index contributed by atoms with van der Waals surface area (Å²) in [5, 5.41) is 0.968. The number of fused-ring (bicyclic) bond motifs is 1. The Morgan fingerprint density at radius 3 is 3.21 bits per heavy atom. The molecule has 71 valence electrons. The number of carbonyl (C=O) groups excluding carboxylic acids is 1. The lowest BCUT2D eigenvalue weighted by Gasteiger charge is -2.00. The molecule has 0 saturated carbocycles. The number of carbonyl (C=O) groups is 1. The van der Waals surface area contributed by atoms with Gasteiger partial charge in [-0.05, 0) is 31.2 Å². The number of H-pyrrole nitrogens is 1. The van der Waals surface area contributed by atoms with Gasteiger partial charge in [0.05, 0.1) is 18.4 Å². The predicted octanol–water partition coefficient (Wildman–Crippen LogP) is 2.14. The highest BCUT2D eigenvalue weighted by atomic mass is 16.5. The fourth-order valence-corrected chi connectivity index (χ4v) is 1.33. The number of hydrogen-bond acceptors (Lipinski definition) is 2. The van der Waals surface area contributed by atoms with Gasteiger partial charge >= 0.3 is 5.97 Å². The Kier molecular flexibility index (Phi) is 2.23. The monoisotopic (exact) mass is 188 g/mol. The highest BCUT2D eigenvalue weighted by Gasteiger charge is 2.06. The Balaban J connectivity index is 2.38. The van der Waals surface area contributed by atoms with E-state index in [1.807, 2.05) is 6.07 Å². The first-order valence-electron chi connectivity index (χ1n) is 4.47. The standard InChI is InChI=1S/C11H10NO2/c1-2-14-11(13)9-3-4-10-8(7-9)5-6-12-10/h3-5,7,12H,2H2,1H3. The topological polar surface area (TPSA) is 42.1 Å². The fourth-order valence-electron chi connectivity index (χ4n) is 1.33. The van der Waals surface area contributed by atoms with Crippen LogP contribution in [0.25, 0.3) is 10.9 Å². The van der Waals surface area contributed by atoms with Crippen LogP contribution in [0.2, 0.25) is 0 Å². The van der Waals surface area contributed by atoms with E-state index in [1.54, 1.807) is 25.1 Å². The smallest absolute Gasteiger partial charge is 0.338 e. The van der Waals surface area contributed by atoms with Crippen LogP contribution in [-0.4, -0.2) is 17.6 Å². The van der Waals surface area contributed by atoms with Crippen LogP contribution in [-0.2, 0) is 4.74 Å². The van der Waals surface area contributed by atoms with Crippen LogP contribution in [0.1, 0.15) is 17.3 Å². The molecule has 3 heteroatoms. The number of hydrogen-bond donors (Lipinski definition) is 1. The summed E-state index contributed by atoms with van der Waals surface area (Å²) in [7, 11) is 0. The van der Waals surface area contributed by atoms with Crippen LogP contribution < -0.4 is 0 Å². The van der Waals surface area contributed by atoms with Crippen molar-refractivity contribution in [3.8, 4) is 0 Å². The second-order valence-electron chi connectivity index (χ2n) is 2.94. The summed E-state index contributed by atoms with van der Waals surface area (Å²) in [6.07, 6.45) is 2.86. The summed E-state index contributed by atoms with van der Waals surface area (Å²) >= 11 is 0. The molecule has 1 aromatic heterocycles. The van der Waals surface area contributed by atoms with Gasteiger partial charge in [-0.3, -0.25) is 0 Å². The van der Waals surface area contributed by atoms with Crippen molar-refractivity contribution in [3.63, 3.8) is 0 Å². The first-order valence-corrected chi connectivity index (χ1v) is 4.47. The van der Waals surface area contributed by atoms with Crippen molar-refractivity contribution in [2.75, 3.05) is 6.61 Å². The van der Waals surface area contributed by atoms with Crippen molar-refractivity contribution in [3.05, 3.63) is 36.0 Å². The zero-order chi connectivity index (χ0) is 9.97. The third-order valence-corrected chi connectivity index (χ3v) is 2.00. The van der Waals surface area contributed by atoms with E-state index in [2.05, 4.69) is 11.2 Å². The van der Waals surface area contributed by atoms with Gasteiger partial charge in [-0.2, -0.15) is 0 Å². The Morgan fingerprint density at radius 1 is 1.57 bits per heavy atom. The van der Waals surface area contributed by atoms with Crippen molar-refractivity contribution in [1.29, 1.82) is 0 Å². The molecule has 0 aliphatic carbocycles. The van der Waals surface area contributed by atoms with Gasteiger partial charge in [-0.1, -0.05) is 0 Å². The molecule has 3 nitrogen and oxygen atoms in total. The van der Waals surface area contributed by atoms with Crippen LogP contribution in [0.15, 0.2) is 24.3 Å². The van der Waals surface area contributed by atoms with Crippen LogP contribution >= 0.6 is 0 Å². The third-order valence-electron chi connectivity index (χ3n) is 2.00. The molecule has 0 bridgehead atoms. The summed E-state index contributed by atoms with van der Waals surface area (Å²) in [4.78, 5) is 14.3. The van der Waals surface area contributed by atoms with E-state index >= 15 is 0 Å². The maximum absolute atomic E-state index is 11.4. The van der Waals surface area contributed by atoms with Crippen LogP contribution in [0.3, 0.4) is 0 Å². The van der Waals surface area contributed by atoms with Gasteiger partial charge in [0.1, 0.15) is 0 Å². The van der Waals surface area contributed by atoms with Crippen LogP contribution in [0.5, 0.6) is 0 Å².